The Morgan fingerprint density at radius 2 is 2.07 bits per heavy atom. The van der Waals surface area contributed by atoms with Crippen LogP contribution in [0.3, 0.4) is 0 Å². The van der Waals surface area contributed by atoms with Crippen molar-refractivity contribution in [3.8, 4) is 0 Å². The van der Waals surface area contributed by atoms with Crippen LogP contribution in [0.2, 0.25) is 0 Å². The molecule has 1 aromatic carbocycles. The molecule has 9 heteroatoms. The van der Waals surface area contributed by atoms with Gasteiger partial charge >= 0.3 is 5.97 Å². The fraction of sp³-hybridized carbons (Fsp3) is 0.333. The molecule has 158 valence electrons. The van der Waals surface area contributed by atoms with Crippen LogP contribution < -0.4 is 5.32 Å². The highest BCUT2D eigenvalue weighted by Crippen LogP contribution is 2.18. The molecule has 1 amide bonds. The zero-order valence-electron chi connectivity index (χ0n) is 16.7. The van der Waals surface area contributed by atoms with E-state index in [0.717, 1.165) is 25.8 Å². The summed E-state index contributed by atoms with van der Waals surface area (Å²) in [7, 11) is 0. The lowest BCUT2D eigenvalue weighted by Crippen LogP contribution is -2.15. The van der Waals surface area contributed by atoms with E-state index in [1.807, 2.05) is 17.6 Å². The topological polar surface area (TPSA) is 86.1 Å². The predicted octanol–water partition coefficient (Wildman–Crippen LogP) is 4.27. The van der Waals surface area contributed by atoms with Crippen molar-refractivity contribution < 1.29 is 14.3 Å². The minimum absolute atomic E-state index is 0.147. The van der Waals surface area contributed by atoms with Gasteiger partial charge in [0.25, 0.3) is 0 Å². The highest BCUT2D eigenvalue weighted by molar-refractivity contribution is 7.99. The van der Waals surface area contributed by atoms with Crippen molar-refractivity contribution in [3.63, 3.8) is 0 Å². The molecule has 0 atom stereocenters. The number of hydrogen-bond donors (Lipinski definition) is 1. The number of hydrogen-bond acceptors (Lipinski definition) is 7. The summed E-state index contributed by atoms with van der Waals surface area (Å²) in [5.74, 6) is -0.275. The molecule has 3 aromatic rings. The number of nitrogens with zero attached hydrogens (tertiary/aromatic N) is 3. The normalized spacial score (nSPS) is 10.7. The van der Waals surface area contributed by atoms with Gasteiger partial charge in [-0.25, -0.2) is 4.79 Å². The molecule has 0 saturated heterocycles. The highest BCUT2D eigenvalue weighted by atomic mass is 32.2. The van der Waals surface area contributed by atoms with Gasteiger partial charge < -0.3 is 14.6 Å². The number of ether oxygens (including phenoxy) is 1. The molecule has 2 aromatic heterocycles. The average molecular weight is 445 g/mol. The van der Waals surface area contributed by atoms with Gasteiger partial charge in [0.15, 0.2) is 5.16 Å². The zero-order valence-corrected chi connectivity index (χ0v) is 18.4. The molecule has 1 N–H and O–H groups in total. The van der Waals surface area contributed by atoms with Gasteiger partial charge in [-0.05, 0) is 48.6 Å². The van der Waals surface area contributed by atoms with Gasteiger partial charge in [0.1, 0.15) is 6.33 Å². The van der Waals surface area contributed by atoms with Gasteiger partial charge in [0.2, 0.25) is 5.91 Å². The lowest BCUT2D eigenvalue weighted by atomic mass is 10.2. The van der Waals surface area contributed by atoms with Crippen LogP contribution in [0.4, 0.5) is 5.69 Å². The van der Waals surface area contributed by atoms with Crippen molar-refractivity contribution in [1.82, 2.24) is 14.8 Å². The van der Waals surface area contributed by atoms with Gasteiger partial charge in [-0.3, -0.25) is 4.79 Å². The van der Waals surface area contributed by atoms with E-state index in [-0.39, 0.29) is 17.6 Å². The van der Waals surface area contributed by atoms with E-state index < -0.39 is 0 Å². The van der Waals surface area contributed by atoms with Crippen LogP contribution in [0, 0.1) is 0 Å². The summed E-state index contributed by atoms with van der Waals surface area (Å²) in [6, 6.07) is 10.8. The molecular formula is C21H24N4O3S2. The molecule has 0 bridgehead atoms. The number of amides is 1. The van der Waals surface area contributed by atoms with Crippen molar-refractivity contribution in [2.45, 2.75) is 37.9 Å². The maximum Gasteiger partial charge on any atom is 0.338 e. The number of aryl methyl sites for hydroxylation is 2. The molecule has 0 aliphatic rings. The number of thioether (sulfide) groups is 1. The Bertz CT molecular complexity index is 940. The van der Waals surface area contributed by atoms with E-state index >= 15 is 0 Å². The standard InChI is InChI=1S/C21H24N4O3S2/c1-2-3-12-28-20(27)16-6-8-17(9-7-16)23-19(26)14-30-21-24-22-15-25(21)11-10-18-5-4-13-29-18/h4-9,13,15H,2-3,10-12,14H2,1H3,(H,23,26). The number of aromatic nitrogens is 3. The molecule has 7 nitrogen and oxygen atoms in total. The quantitative estimate of drug-likeness (QED) is 0.270. The van der Waals surface area contributed by atoms with Crippen molar-refractivity contribution in [2.75, 3.05) is 17.7 Å². The number of anilines is 1. The highest BCUT2D eigenvalue weighted by Gasteiger charge is 2.11. The first-order valence-corrected chi connectivity index (χ1v) is 11.6. The minimum atomic E-state index is -0.348. The Hall–Kier alpha value is -2.65. The summed E-state index contributed by atoms with van der Waals surface area (Å²) in [6.45, 7) is 3.23. The first-order chi connectivity index (χ1) is 14.7. The van der Waals surface area contributed by atoms with Crippen molar-refractivity contribution >= 4 is 40.7 Å². The van der Waals surface area contributed by atoms with Crippen LogP contribution in [-0.4, -0.2) is 39.0 Å². The lowest BCUT2D eigenvalue weighted by Gasteiger charge is -2.08. The fourth-order valence-electron chi connectivity index (χ4n) is 2.60. The first-order valence-electron chi connectivity index (χ1n) is 9.75. The smallest absolute Gasteiger partial charge is 0.338 e. The molecule has 0 radical (unpaired) electrons. The second-order valence-electron chi connectivity index (χ2n) is 6.54. The average Bonchev–Trinajstić information content (AvgIpc) is 3.43. The summed E-state index contributed by atoms with van der Waals surface area (Å²) in [6.07, 6.45) is 4.41. The minimum Gasteiger partial charge on any atom is -0.462 e. The van der Waals surface area contributed by atoms with Crippen molar-refractivity contribution in [2.24, 2.45) is 0 Å². The van der Waals surface area contributed by atoms with E-state index in [0.29, 0.717) is 23.0 Å². The second-order valence-corrected chi connectivity index (χ2v) is 8.51. The molecule has 0 fully saturated rings. The van der Waals surface area contributed by atoms with Crippen molar-refractivity contribution in [1.29, 1.82) is 0 Å². The van der Waals surface area contributed by atoms with Crippen LogP contribution in [0.15, 0.2) is 53.3 Å². The Balaban J connectivity index is 1.45. The van der Waals surface area contributed by atoms with Gasteiger partial charge in [0, 0.05) is 17.1 Å². The number of benzene rings is 1. The monoisotopic (exact) mass is 444 g/mol. The zero-order chi connectivity index (χ0) is 21.2. The predicted molar refractivity (Wildman–Crippen MR) is 119 cm³/mol. The number of carbonyl (C=O) groups is 2. The van der Waals surface area contributed by atoms with Gasteiger partial charge in [-0.15, -0.1) is 21.5 Å². The fourth-order valence-corrected chi connectivity index (χ4v) is 4.04. The van der Waals surface area contributed by atoms with E-state index in [1.54, 1.807) is 41.9 Å². The second kappa shape index (κ2) is 11.5. The van der Waals surface area contributed by atoms with Crippen LogP contribution in [0.25, 0.3) is 0 Å². The summed E-state index contributed by atoms with van der Waals surface area (Å²) in [4.78, 5) is 25.5. The molecule has 0 spiro atoms. The maximum atomic E-state index is 12.3. The maximum absolute atomic E-state index is 12.3. The third-order valence-corrected chi connectivity index (χ3v) is 6.14. The van der Waals surface area contributed by atoms with E-state index in [9.17, 15) is 9.59 Å². The van der Waals surface area contributed by atoms with Crippen LogP contribution in [0.1, 0.15) is 35.0 Å². The number of rotatable bonds is 11. The Morgan fingerprint density at radius 1 is 1.23 bits per heavy atom. The third-order valence-electron chi connectivity index (χ3n) is 4.23. The number of thiophene rings is 1. The number of unbranched alkanes of at least 4 members (excludes halogenated alkanes) is 1. The Kier molecular flexibility index (Phi) is 8.46. The molecule has 30 heavy (non-hydrogen) atoms. The van der Waals surface area contributed by atoms with Gasteiger partial charge in [-0.2, -0.15) is 0 Å². The molecule has 0 aliphatic heterocycles. The van der Waals surface area contributed by atoms with Gasteiger partial charge in [-0.1, -0.05) is 31.2 Å². The van der Waals surface area contributed by atoms with Crippen LogP contribution in [0.5, 0.6) is 0 Å². The van der Waals surface area contributed by atoms with Gasteiger partial charge in [0.05, 0.1) is 17.9 Å². The first kappa shape index (κ1) is 22.0. The summed E-state index contributed by atoms with van der Waals surface area (Å²) in [5.41, 5.74) is 1.10. The number of nitrogens with one attached hydrogen (secondary N) is 1. The van der Waals surface area contributed by atoms with Crippen LogP contribution in [-0.2, 0) is 22.5 Å². The third kappa shape index (κ3) is 6.70. The molecule has 0 aliphatic carbocycles. The SMILES string of the molecule is CCCCOC(=O)c1ccc(NC(=O)CSc2nncn2CCc2cccs2)cc1. The summed E-state index contributed by atoms with van der Waals surface area (Å²) >= 11 is 3.07. The molecule has 2 heterocycles. The summed E-state index contributed by atoms with van der Waals surface area (Å²) in [5, 5.41) is 13.7. The van der Waals surface area contributed by atoms with E-state index in [1.165, 1.54) is 16.6 Å². The molecule has 3 rings (SSSR count). The number of esters is 1. The van der Waals surface area contributed by atoms with Crippen LogP contribution >= 0.6 is 23.1 Å². The molecule has 0 saturated carbocycles. The van der Waals surface area contributed by atoms with E-state index in [2.05, 4.69) is 27.0 Å². The lowest BCUT2D eigenvalue weighted by molar-refractivity contribution is -0.113. The largest absolute Gasteiger partial charge is 0.462 e. The molecule has 0 unspecified atom stereocenters. The molecular weight excluding hydrogens is 420 g/mol. The summed E-state index contributed by atoms with van der Waals surface area (Å²) < 4.78 is 7.13. The van der Waals surface area contributed by atoms with Crippen molar-refractivity contribution in [3.05, 3.63) is 58.5 Å². The Morgan fingerprint density at radius 3 is 2.80 bits per heavy atom. The number of carbonyl (C=O) groups excluding carboxylic acids is 2. The van der Waals surface area contributed by atoms with E-state index in [4.69, 9.17) is 4.74 Å². The Labute approximate surface area is 183 Å².